The maximum Gasteiger partial charge on any atom is 0.321 e. The molecule has 1 fully saturated rings. The van der Waals surface area contributed by atoms with Crippen LogP contribution in [0.1, 0.15) is 23.2 Å². The molecule has 8 nitrogen and oxygen atoms in total. The number of hydrogen-bond acceptors (Lipinski definition) is 4. The molecule has 32 heavy (non-hydrogen) atoms. The summed E-state index contributed by atoms with van der Waals surface area (Å²) in [5.41, 5.74) is 1.53. The number of amides is 4. The third kappa shape index (κ3) is 6.45. The molecular formula is C23H27ClN4O4. The Morgan fingerprint density at radius 1 is 1.09 bits per heavy atom. The molecule has 0 saturated carbocycles. The zero-order chi connectivity index (χ0) is 22.9. The Kier molecular flexibility index (Phi) is 8.47. The number of nitrogens with one attached hydrogen (secondary N) is 3. The average molecular weight is 459 g/mol. The zero-order valence-corrected chi connectivity index (χ0v) is 18.7. The standard InChI is InChI=1S/C23H27ClN4O4/c1-32-13-11-25-22(30)19-10-9-18(14-20(19)24)26-21(29)16-6-5-12-28(15-16)23(31)27-17-7-3-2-4-8-17/h2-4,7-10,14,16H,5-6,11-13,15H2,1H3,(H,25,30)(H,26,29)(H,27,31). The van der Waals surface area contributed by atoms with Crippen molar-refractivity contribution >= 4 is 40.8 Å². The maximum absolute atomic E-state index is 12.8. The Labute approximate surface area is 192 Å². The summed E-state index contributed by atoms with van der Waals surface area (Å²) in [5, 5.41) is 8.65. The summed E-state index contributed by atoms with van der Waals surface area (Å²) in [4.78, 5) is 39.2. The van der Waals surface area contributed by atoms with Gasteiger partial charge in [0, 0.05) is 38.1 Å². The molecule has 0 spiro atoms. The molecular weight excluding hydrogens is 432 g/mol. The first-order valence-corrected chi connectivity index (χ1v) is 10.8. The number of piperidine rings is 1. The maximum atomic E-state index is 12.8. The van der Waals surface area contributed by atoms with Crippen LogP contribution >= 0.6 is 11.6 Å². The van der Waals surface area contributed by atoms with Crippen LogP contribution in [0, 0.1) is 5.92 Å². The molecule has 0 aliphatic carbocycles. The lowest BCUT2D eigenvalue weighted by molar-refractivity contribution is -0.121. The highest BCUT2D eigenvalue weighted by atomic mass is 35.5. The first-order chi connectivity index (χ1) is 15.5. The third-order valence-electron chi connectivity index (χ3n) is 5.18. The van der Waals surface area contributed by atoms with Crippen molar-refractivity contribution in [3.05, 3.63) is 59.1 Å². The number of halogens is 1. The normalized spacial score (nSPS) is 15.7. The van der Waals surface area contributed by atoms with Crippen LogP contribution in [0.3, 0.4) is 0 Å². The van der Waals surface area contributed by atoms with Crippen molar-refractivity contribution < 1.29 is 19.1 Å². The van der Waals surface area contributed by atoms with Gasteiger partial charge in [-0.1, -0.05) is 29.8 Å². The molecule has 0 bridgehead atoms. The monoisotopic (exact) mass is 458 g/mol. The first-order valence-electron chi connectivity index (χ1n) is 10.5. The second-order valence-electron chi connectivity index (χ2n) is 7.51. The van der Waals surface area contributed by atoms with Crippen molar-refractivity contribution in [1.29, 1.82) is 0 Å². The van der Waals surface area contributed by atoms with Crippen LogP contribution in [0.15, 0.2) is 48.5 Å². The molecule has 1 saturated heterocycles. The smallest absolute Gasteiger partial charge is 0.321 e. The fraction of sp³-hybridized carbons (Fsp3) is 0.348. The van der Waals surface area contributed by atoms with Gasteiger partial charge in [-0.3, -0.25) is 9.59 Å². The van der Waals surface area contributed by atoms with Crippen LogP contribution < -0.4 is 16.0 Å². The van der Waals surface area contributed by atoms with Crippen molar-refractivity contribution in [3.63, 3.8) is 0 Å². The number of hydrogen-bond donors (Lipinski definition) is 3. The molecule has 1 unspecified atom stereocenters. The van der Waals surface area contributed by atoms with Crippen molar-refractivity contribution in [2.45, 2.75) is 12.8 Å². The Balaban J connectivity index is 1.56. The third-order valence-corrected chi connectivity index (χ3v) is 5.49. The number of nitrogens with zero attached hydrogens (tertiary/aromatic N) is 1. The summed E-state index contributed by atoms with van der Waals surface area (Å²) in [6, 6.07) is 13.7. The number of benzene rings is 2. The van der Waals surface area contributed by atoms with E-state index in [0.717, 1.165) is 6.42 Å². The predicted octanol–water partition coefficient (Wildman–Crippen LogP) is 3.60. The highest BCUT2D eigenvalue weighted by Gasteiger charge is 2.28. The summed E-state index contributed by atoms with van der Waals surface area (Å²) in [5.74, 6) is -0.825. The summed E-state index contributed by atoms with van der Waals surface area (Å²) in [6.45, 7) is 1.71. The number of rotatable bonds is 7. The van der Waals surface area contributed by atoms with Gasteiger partial charge in [0.15, 0.2) is 0 Å². The van der Waals surface area contributed by atoms with Crippen molar-refractivity contribution in [1.82, 2.24) is 10.2 Å². The second kappa shape index (κ2) is 11.5. The number of carbonyl (C=O) groups excluding carboxylic acids is 3. The van der Waals surface area contributed by atoms with E-state index in [0.29, 0.717) is 49.6 Å². The Bertz CT molecular complexity index is 954. The molecule has 3 N–H and O–H groups in total. The molecule has 4 amide bonds. The van der Waals surface area contributed by atoms with Gasteiger partial charge >= 0.3 is 6.03 Å². The van der Waals surface area contributed by atoms with Crippen molar-refractivity contribution in [2.75, 3.05) is 44.0 Å². The average Bonchev–Trinajstić information content (AvgIpc) is 2.80. The van der Waals surface area contributed by atoms with Crippen molar-refractivity contribution in [2.24, 2.45) is 5.92 Å². The quantitative estimate of drug-likeness (QED) is 0.552. The van der Waals surface area contributed by atoms with E-state index < -0.39 is 0 Å². The van der Waals surface area contributed by atoms with Crippen LogP contribution in [-0.2, 0) is 9.53 Å². The van der Waals surface area contributed by atoms with Crippen LogP contribution in [-0.4, -0.2) is 56.1 Å². The molecule has 1 atom stereocenters. The van der Waals surface area contributed by atoms with E-state index in [4.69, 9.17) is 16.3 Å². The van der Waals surface area contributed by atoms with Gasteiger partial charge in [-0.25, -0.2) is 4.79 Å². The Morgan fingerprint density at radius 3 is 2.59 bits per heavy atom. The number of para-hydroxylation sites is 1. The Hall–Kier alpha value is -3.10. The van der Waals surface area contributed by atoms with Gasteiger partial charge in [-0.05, 0) is 43.2 Å². The minimum Gasteiger partial charge on any atom is -0.383 e. The van der Waals surface area contributed by atoms with Crippen LogP contribution in [0.2, 0.25) is 5.02 Å². The van der Waals surface area contributed by atoms with E-state index in [1.807, 2.05) is 30.3 Å². The van der Waals surface area contributed by atoms with E-state index in [-0.39, 0.29) is 28.8 Å². The van der Waals surface area contributed by atoms with E-state index >= 15 is 0 Å². The first kappa shape index (κ1) is 23.6. The number of methoxy groups -OCH3 is 1. The number of likely N-dealkylation sites (tertiary alicyclic amines) is 1. The molecule has 0 radical (unpaired) electrons. The van der Waals surface area contributed by atoms with Crippen LogP contribution in [0.5, 0.6) is 0 Å². The number of anilines is 2. The van der Waals surface area contributed by atoms with Gasteiger partial charge in [-0.2, -0.15) is 0 Å². The largest absolute Gasteiger partial charge is 0.383 e. The number of urea groups is 1. The van der Waals surface area contributed by atoms with E-state index in [9.17, 15) is 14.4 Å². The molecule has 9 heteroatoms. The molecule has 1 aliphatic heterocycles. The van der Waals surface area contributed by atoms with E-state index in [1.54, 1.807) is 30.2 Å². The fourth-order valence-corrected chi connectivity index (χ4v) is 3.75. The lowest BCUT2D eigenvalue weighted by atomic mass is 9.97. The molecule has 2 aromatic carbocycles. The lowest BCUT2D eigenvalue weighted by Gasteiger charge is -2.32. The highest BCUT2D eigenvalue weighted by molar-refractivity contribution is 6.34. The Morgan fingerprint density at radius 2 is 1.88 bits per heavy atom. The number of ether oxygens (including phenoxy) is 1. The molecule has 170 valence electrons. The van der Waals surface area contributed by atoms with Gasteiger partial charge in [0.05, 0.1) is 23.1 Å². The minimum atomic E-state index is -0.332. The molecule has 3 rings (SSSR count). The van der Waals surface area contributed by atoms with Gasteiger partial charge in [0.1, 0.15) is 0 Å². The lowest BCUT2D eigenvalue weighted by Crippen LogP contribution is -2.45. The van der Waals surface area contributed by atoms with Gasteiger partial charge in [-0.15, -0.1) is 0 Å². The SMILES string of the molecule is COCCNC(=O)c1ccc(NC(=O)C2CCCN(C(=O)Nc3ccccc3)C2)cc1Cl. The number of carbonyl (C=O) groups is 3. The second-order valence-corrected chi connectivity index (χ2v) is 7.92. The molecule has 2 aromatic rings. The van der Waals surface area contributed by atoms with E-state index in [2.05, 4.69) is 16.0 Å². The molecule has 1 aliphatic rings. The zero-order valence-electron chi connectivity index (χ0n) is 17.9. The highest BCUT2D eigenvalue weighted by Crippen LogP contribution is 2.24. The van der Waals surface area contributed by atoms with Gasteiger partial charge < -0.3 is 25.6 Å². The summed E-state index contributed by atoms with van der Waals surface area (Å²) < 4.78 is 4.91. The topological polar surface area (TPSA) is 99.8 Å². The van der Waals surface area contributed by atoms with Gasteiger partial charge in [0.2, 0.25) is 5.91 Å². The predicted molar refractivity (Wildman–Crippen MR) is 124 cm³/mol. The minimum absolute atomic E-state index is 0.185. The van der Waals surface area contributed by atoms with Crippen molar-refractivity contribution in [3.8, 4) is 0 Å². The molecule has 0 aromatic heterocycles. The van der Waals surface area contributed by atoms with Gasteiger partial charge in [0.25, 0.3) is 5.91 Å². The molecule has 1 heterocycles. The summed E-state index contributed by atoms with van der Waals surface area (Å²) >= 11 is 6.24. The fourth-order valence-electron chi connectivity index (χ4n) is 3.48. The van der Waals surface area contributed by atoms with Crippen LogP contribution in [0.4, 0.5) is 16.2 Å². The summed E-state index contributed by atoms with van der Waals surface area (Å²) in [7, 11) is 1.55. The van der Waals surface area contributed by atoms with E-state index in [1.165, 1.54) is 0 Å². The summed E-state index contributed by atoms with van der Waals surface area (Å²) in [6.07, 6.45) is 1.43. The van der Waals surface area contributed by atoms with Crippen LogP contribution in [0.25, 0.3) is 0 Å².